The molecule has 1 aromatic carbocycles. The molecule has 0 fully saturated rings. The molecule has 2 aromatic heterocycles. The van der Waals surface area contributed by atoms with E-state index in [2.05, 4.69) is 9.97 Å². The van der Waals surface area contributed by atoms with Crippen LogP contribution in [0.15, 0.2) is 41.8 Å². The number of rotatable bonds is 2. The summed E-state index contributed by atoms with van der Waals surface area (Å²) in [7, 11) is -5.70. The minimum absolute atomic E-state index is 0.0684. The Balaban J connectivity index is 1.99. The van der Waals surface area contributed by atoms with Gasteiger partial charge in [-0.3, -0.25) is 4.98 Å². The molecule has 0 N–H and O–H groups in total. The second-order valence-corrected chi connectivity index (χ2v) is 8.50. The molecule has 0 radical (unpaired) electrons. The number of aryl methyl sites for hydroxylation is 1. The van der Waals surface area contributed by atoms with Crippen molar-refractivity contribution < 1.29 is 26.0 Å². The van der Waals surface area contributed by atoms with E-state index in [1.807, 2.05) is 6.07 Å². The van der Waals surface area contributed by atoms with E-state index in [0.717, 1.165) is 18.5 Å². The number of sulfone groups is 1. The molecular formula is C19H12F4N4O2S. The Morgan fingerprint density at radius 3 is 2.63 bits per heavy atom. The summed E-state index contributed by atoms with van der Waals surface area (Å²) in [5, 5.41) is 8.20. The molecule has 0 amide bonds. The van der Waals surface area contributed by atoms with Gasteiger partial charge in [0.05, 0.1) is 23.1 Å². The Morgan fingerprint density at radius 2 is 1.93 bits per heavy atom. The van der Waals surface area contributed by atoms with E-state index in [0.29, 0.717) is 36.3 Å². The van der Waals surface area contributed by atoms with Crippen molar-refractivity contribution in [1.82, 2.24) is 9.97 Å². The zero-order chi connectivity index (χ0) is 21.7. The van der Waals surface area contributed by atoms with Gasteiger partial charge in [0.1, 0.15) is 11.9 Å². The van der Waals surface area contributed by atoms with Gasteiger partial charge in [-0.2, -0.15) is 18.4 Å². The average Bonchev–Trinajstić information content (AvgIpc) is 2.70. The molecule has 0 spiro atoms. The number of nitrogens with zero attached hydrogens (tertiary/aromatic N) is 4. The maximum atomic E-state index is 13.9. The first-order valence-electron chi connectivity index (χ1n) is 8.69. The molecular weight excluding hydrogens is 424 g/mol. The number of pyridine rings is 2. The minimum atomic E-state index is -5.70. The molecule has 0 unspecified atom stereocenters. The number of hydrogen-bond acceptors (Lipinski definition) is 6. The van der Waals surface area contributed by atoms with Crippen LogP contribution >= 0.6 is 0 Å². The maximum Gasteiger partial charge on any atom is 0.503 e. The highest BCUT2D eigenvalue weighted by Crippen LogP contribution is 2.41. The molecule has 3 aromatic rings. The van der Waals surface area contributed by atoms with Crippen molar-refractivity contribution >= 4 is 32.0 Å². The van der Waals surface area contributed by atoms with Crippen molar-refractivity contribution in [2.24, 2.45) is 0 Å². The van der Waals surface area contributed by atoms with Crippen LogP contribution in [0.4, 0.5) is 28.9 Å². The molecule has 6 nitrogen and oxygen atoms in total. The lowest BCUT2D eigenvalue weighted by molar-refractivity contribution is -0.0437. The molecule has 154 valence electrons. The van der Waals surface area contributed by atoms with E-state index < -0.39 is 26.2 Å². The summed E-state index contributed by atoms with van der Waals surface area (Å²) in [5.74, 6) is -0.564. The summed E-state index contributed by atoms with van der Waals surface area (Å²) in [6.07, 6.45) is 4.46. The first kappa shape index (κ1) is 20.0. The number of fused-ring (bicyclic) bond motifs is 2. The highest BCUT2D eigenvalue weighted by atomic mass is 32.2. The van der Waals surface area contributed by atoms with E-state index in [1.165, 1.54) is 18.3 Å². The Labute approximate surface area is 168 Å². The molecule has 4 rings (SSSR count). The van der Waals surface area contributed by atoms with E-state index in [9.17, 15) is 31.2 Å². The Kier molecular flexibility index (Phi) is 4.62. The van der Waals surface area contributed by atoms with Gasteiger partial charge in [-0.25, -0.2) is 17.8 Å². The van der Waals surface area contributed by atoms with Gasteiger partial charge in [0.25, 0.3) is 9.84 Å². The lowest BCUT2D eigenvalue weighted by Crippen LogP contribution is -2.27. The van der Waals surface area contributed by atoms with Crippen LogP contribution in [0.3, 0.4) is 0 Å². The third kappa shape index (κ3) is 3.04. The monoisotopic (exact) mass is 436 g/mol. The lowest BCUT2D eigenvalue weighted by atomic mass is 9.96. The molecule has 30 heavy (non-hydrogen) atoms. The highest BCUT2D eigenvalue weighted by Gasteiger charge is 2.49. The third-order valence-corrected chi connectivity index (χ3v) is 6.30. The first-order valence-corrected chi connectivity index (χ1v) is 10.2. The van der Waals surface area contributed by atoms with Gasteiger partial charge in [-0.05, 0) is 36.6 Å². The van der Waals surface area contributed by atoms with Crippen molar-refractivity contribution in [2.45, 2.75) is 23.4 Å². The van der Waals surface area contributed by atoms with Gasteiger partial charge < -0.3 is 4.90 Å². The van der Waals surface area contributed by atoms with E-state index >= 15 is 0 Å². The van der Waals surface area contributed by atoms with Gasteiger partial charge in [0, 0.05) is 29.7 Å². The van der Waals surface area contributed by atoms with Crippen molar-refractivity contribution in [1.29, 1.82) is 5.26 Å². The zero-order valence-electron chi connectivity index (χ0n) is 15.1. The standard InChI is InChI=1S/C19H12F4N4O2S/c20-13-6-11-2-1-5-27(17(11)12(7-13)8-24)16-10-26-18(30(28,29)19(21,22)23)15-9-25-4-3-14(15)16/h3-4,6-7,9-10H,1-2,5H2. The number of benzene rings is 1. The first-order chi connectivity index (χ1) is 14.1. The van der Waals surface area contributed by atoms with Crippen LogP contribution < -0.4 is 4.90 Å². The number of hydrogen-bond donors (Lipinski definition) is 0. The molecule has 0 saturated heterocycles. The van der Waals surface area contributed by atoms with Crippen LogP contribution in [0, 0.1) is 17.1 Å². The van der Waals surface area contributed by atoms with Gasteiger partial charge in [0.15, 0.2) is 5.03 Å². The smallest absolute Gasteiger partial charge is 0.338 e. The van der Waals surface area contributed by atoms with Crippen LogP contribution in [0.1, 0.15) is 17.5 Å². The fourth-order valence-electron chi connectivity index (χ4n) is 3.62. The molecule has 11 heteroatoms. The average molecular weight is 436 g/mol. The highest BCUT2D eigenvalue weighted by molar-refractivity contribution is 7.92. The number of nitriles is 1. The second-order valence-electron chi connectivity index (χ2n) is 6.65. The molecule has 0 bridgehead atoms. The topological polar surface area (TPSA) is 87.0 Å². The second kappa shape index (κ2) is 6.91. The summed E-state index contributed by atoms with van der Waals surface area (Å²) >= 11 is 0. The van der Waals surface area contributed by atoms with Gasteiger partial charge in [-0.15, -0.1) is 0 Å². The third-order valence-electron chi connectivity index (χ3n) is 4.85. The number of anilines is 2. The van der Waals surface area contributed by atoms with E-state index in [1.54, 1.807) is 4.90 Å². The molecule has 1 aliphatic heterocycles. The molecule has 0 saturated carbocycles. The predicted molar refractivity (Wildman–Crippen MR) is 99.2 cm³/mol. The molecule has 0 atom stereocenters. The van der Waals surface area contributed by atoms with Crippen LogP contribution in [-0.2, 0) is 16.3 Å². The Morgan fingerprint density at radius 1 is 1.17 bits per heavy atom. The van der Waals surface area contributed by atoms with Crippen LogP contribution in [0.5, 0.6) is 0 Å². The summed E-state index contributed by atoms with van der Waals surface area (Å²) in [5.41, 5.74) is -4.15. The van der Waals surface area contributed by atoms with E-state index in [-0.39, 0.29) is 16.3 Å². The van der Waals surface area contributed by atoms with Crippen molar-refractivity contribution in [2.75, 3.05) is 11.4 Å². The maximum absolute atomic E-state index is 13.9. The van der Waals surface area contributed by atoms with E-state index in [4.69, 9.17) is 0 Å². The van der Waals surface area contributed by atoms with Gasteiger partial charge in [0.2, 0.25) is 0 Å². The number of alkyl halides is 3. The summed E-state index contributed by atoms with van der Waals surface area (Å²) < 4.78 is 77.1. The summed E-state index contributed by atoms with van der Waals surface area (Å²) in [6.45, 7) is 0.387. The predicted octanol–water partition coefficient (Wildman–Crippen LogP) is 4.02. The molecule has 3 heterocycles. The van der Waals surface area contributed by atoms with Crippen molar-refractivity contribution in [3.05, 3.63) is 53.7 Å². The van der Waals surface area contributed by atoms with Gasteiger partial charge >= 0.3 is 5.51 Å². The summed E-state index contributed by atoms with van der Waals surface area (Å²) in [6, 6.07) is 5.71. The Hall–Kier alpha value is -3.26. The van der Waals surface area contributed by atoms with Crippen molar-refractivity contribution in [3.8, 4) is 6.07 Å². The largest absolute Gasteiger partial charge is 0.503 e. The van der Waals surface area contributed by atoms with Crippen LogP contribution in [0.2, 0.25) is 0 Å². The fourth-order valence-corrected chi connectivity index (χ4v) is 4.48. The molecule has 0 aliphatic carbocycles. The minimum Gasteiger partial charge on any atom is -0.338 e. The van der Waals surface area contributed by atoms with Gasteiger partial charge in [-0.1, -0.05) is 0 Å². The van der Waals surface area contributed by atoms with Crippen LogP contribution in [-0.4, -0.2) is 30.4 Å². The number of aromatic nitrogens is 2. The summed E-state index contributed by atoms with van der Waals surface area (Å²) in [4.78, 5) is 9.02. The lowest BCUT2D eigenvalue weighted by Gasteiger charge is -2.33. The number of halogens is 4. The SMILES string of the molecule is N#Cc1cc(F)cc2c1N(c1cnc(S(=O)(=O)C(F)(F)F)c3cnccc13)CCC2. The molecule has 1 aliphatic rings. The van der Waals surface area contributed by atoms with Crippen LogP contribution in [0.25, 0.3) is 10.8 Å². The fraction of sp³-hybridized carbons (Fsp3) is 0.211. The zero-order valence-corrected chi connectivity index (χ0v) is 15.9. The van der Waals surface area contributed by atoms with Crippen molar-refractivity contribution in [3.63, 3.8) is 0 Å². The normalized spacial score (nSPS) is 14.4. The Bertz CT molecular complexity index is 1320. The quantitative estimate of drug-likeness (QED) is 0.564.